The second-order valence-corrected chi connectivity index (χ2v) is 5.69. The number of hydrogen-bond acceptors (Lipinski definition) is 3. The smallest absolute Gasteiger partial charge is 0.352 e. The summed E-state index contributed by atoms with van der Waals surface area (Å²) in [5.41, 5.74) is -2.73. The van der Waals surface area contributed by atoms with Crippen molar-refractivity contribution in [3.63, 3.8) is 0 Å². The van der Waals surface area contributed by atoms with Gasteiger partial charge in [-0.2, -0.15) is 43.9 Å². The van der Waals surface area contributed by atoms with Gasteiger partial charge in [0.2, 0.25) is 5.83 Å². The van der Waals surface area contributed by atoms with Crippen LogP contribution in [-0.2, 0) is 0 Å². The van der Waals surface area contributed by atoms with Crippen molar-refractivity contribution in [2.75, 3.05) is 13.1 Å². The lowest BCUT2D eigenvalue weighted by Crippen LogP contribution is -2.55. The van der Waals surface area contributed by atoms with Crippen molar-refractivity contribution in [1.29, 1.82) is 0 Å². The van der Waals surface area contributed by atoms with E-state index in [2.05, 4.69) is 4.99 Å². The molecule has 0 unspecified atom stereocenters. The highest BCUT2D eigenvalue weighted by atomic mass is 32.2. The highest BCUT2D eigenvalue weighted by Crippen LogP contribution is 2.61. The van der Waals surface area contributed by atoms with Crippen LogP contribution in [0.4, 0.5) is 43.9 Å². The molecule has 1 aliphatic rings. The van der Waals surface area contributed by atoms with Crippen molar-refractivity contribution < 1.29 is 43.9 Å². The quantitative estimate of drug-likeness (QED) is 0.612. The number of hydrogen-bond donors (Lipinski definition) is 0. The molecule has 0 aromatic rings. The van der Waals surface area contributed by atoms with Gasteiger partial charge in [0.25, 0.3) is 4.75 Å². The van der Waals surface area contributed by atoms with Crippen molar-refractivity contribution in [3.05, 3.63) is 11.5 Å². The van der Waals surface area contributed by atoms with Crippen LogP contribution in [0, 0.1) is 0 Å². The van der Waals surface area contributed by atoms with Gasteiger partial charge in [0, 0.05) is 13.1 Å². The van der Waals surface area contributed by atoms with Crippen molar-refractivity contribution >= 4 is 16.9 Å². The van der Waals surface area contributed by atoms with Gasteiger partial charge in [-0.1, -0.05) is 11.8 Å². The van der Waals surface area contributed by atoms with Crippen LogP contribution in [0.25, 0.3) is 0 Å². The number of rotatable bonds is 2. The third kappa shape index (κ3) is 3.31. The van der Waals surface area contributed by atoms with Gasteiger partial charge in [-0.05, 0) is 13.8 Å². The van der Waals surface area contributed by atoms with Gasteiger partial charge >= 0.3 is 18.5 Å². The summed E-state index contributed by atoms with van der Waals surface area (Å²) < 4.78 is 125. The molecular formula is C11H10F10N2S. The summed E-state index contributed by atoms with van der Waals surface area (Å²) in [7, 11) is 0. The minimum Gasteiger partial charge on any atom is -0.352 e. The van der Waals surface area contributed by atoms with E-state index in [-0.39, 0.29) is 13.1 Å². The first-order chi connectivity index (χ1) is 10.6. The summed E-state index contributed by atoms with van der Waals surface area (Å²) in [4.78, 5) is 3.60. The largest absolute Gasteiger partial charge is 0.444 e. The SMILES string of the molecule is CCN(CC)C1=N/C(=C(/F)C(F)(F)F)C(C(F)(F)F)(C(F)(F)F)S1. The Labute approximate surface area is 133 Å². The zero-order valence-corrected chi connectivity index (χ0v) is 12.8. The molecule has 0 spiro atoms. The number of halogens is 10. The summed E-state index contributed by atoms with van der Waals surface area (Å²) >= 11 is -0.990. The molecule has 2 nitrogen and oxygen atoms in total. The van der Waals surface area contributed by atoms with Crippen LogP contribution in [0.15, 0.2) is 16.5 Å². The van der Waals surface area contributed by atoms with E-state index in [4.69, 9.17) is 0 Å². The molecule has 0 amide bonds. The van der Waals surface area contributed by atoms with Crippen molar-refractivity contribution in [2.24, 2.45) is 4.99 Å². The Morgan fingerprint density at radius 2 is 1.38 bits per heavy atom. The van der Waals surface area contributed by atoms with Crippen LogP contribution in [0.2, 0.25) is 0 Å². The maximum Gasteiger partial charge on any atom is 0.444 e. The van der Waals surface area contributed by atoms with Gasteiger partial charge in [-0.15, -0.1) is 0 Å². The average molecular weight is 392 g/mol. The van der Waals surface area contributed by atoms with Gasteiger partial charge in [0.1, 0.15) is 5.70 Å². The Bertz CT molecular complexity index is 524. The van der Waals surface area contributed by atoms with Gasteiger partial charge in [-0.25, -0.2) is 4.99 Å². The Morgan fingerprint density at radius 1 is 0.958 bits per heavy atom. The minimum atomic E-state index is -6.26. The molecule has 0 aromatic heterocycles. The topological polar surface area (TPSA) is 15.6 Å². The summed E-state index contributed by atoms with van der Waals surface area (Å²) in [5.74, 6) is -3.52. The lowest BCUT2D eigenvalue weighted by molar-refractivity contribution is -0.253. The van der Waals surface area contributed by atoms with E-state index in [0.29, 0.717) is 0 Å². The van der Waals surface area contributed by atoms with Gasteiger partial charge in [-0.3, -0.25) is 0 Å². The number of amidine groups is 1. The van der Waals surface area contributed by atoms with Crippen molar-refractivity contribution in [3.8, 4) is 0 Å². The highest BCUT2D eigenvalue weighted by molar-refractivity contribution is 8.15. The molecule has 0 atom stereocenters. The molecule has 0 N–H and O–H groups in total. The summed E-state index contributed by atoms with van der Waals surface area (Å²) in [6.07, 6.45) is -18.6. The van der Waals surface area contributed by atoms with E-state index in [1.165, 1.54) is 13.8 Å². The number of alkyl halides is 9. The van der Waals surface area contributed by atoms with Gasteiger partial charge < -0.3 is 4.90 Å². The van der Waals surface area contributed by atoms with E-state index in [1.807, 2.05) is 0 Å². The molecule has 0 aliphatic carbocycles. The normalized spacial score (nSPS) is 20.9. The van der Waals surface area contributed by atoms with E-state index in [9.17, 15) is 43.9 Å². The third-order valence-corrected chi connectivity index (χ3v) is 4.57. The van der Waals surface area contributed by atoms with Crippen molar-refractivity contribution in [2.45, 2.75) is 37.1 Å². The molecule has 13 heteroatoms. The Hall–Kier alpha value is -1.14. The lowest BCUT2D eigenvalue weighted by Gasteiger charge is -2.33. The molecule has 0 radical (unpaired) electrons. The van der Waals surface area contributed by atoms with Gasteiger partial charge in [0.05, 0.1) is 0 Å². The fourth-order valence-electron chi connectivity index (χ4n) is 1.89. The predicted octanol–water partition coefficient (Wildman–Crippen LogP) is 5.04. The predicted molar refractivity (Wildman–Crippen MR) is 67.0 cm³/mol. The average Bonchev–Trinajstić information content (AvgIpc) is 2.78. The first kappa shape index (κ1) is 20.9. The molecule has 0 saturated carbocycles. The second kappa shape index (κ2) is 6.30. The van der Waals surface area contributed by atoms with E-state index in [0.717, 1.165) is 4.90 Å². The molecule has 0 fully saturated rings. The number of nitrogens with zero attached hydrogens (tertiary/aromatic N) is 2. The first-order valence-corrected chi connectivity index (χ1v) is 7.08. The van der Waals surface area contributed by atoms with Crippen molar-refractivity contribution in [1.82, 2.24) is 4.90 Å². The molecular weight excluding hydrogens is 382 g/mol. The molecule has 24 heavy (non-hydrogen) atoms. The van der Waals surface area contributed by atoms with Crippen LogP contribution >= 0.6 is 11.8 Å². The van der Waals surface area contributed by atoms with Crippen LogP contribution in [0.3, 0.4) is 0 Å². The Morgan fingerprint density at radius 3 is 1.67 bits per heavy atom. The molecule has 1 rings (SSSR count). The molecule has 0 bridgehead atoms. The molecule has 1 heterocycles. The first-order valence-electron chi connectivity index (χ1n) is 6.27. The van der Waals surface area contributed by atoms with E-state index >= 15 is 0 Å². The molecule has 140 valence electrons. The number of aliphatic imine (C=N–C) groups is 1. The van der Waals surface area contributed by atoms with E-state index < -0.39 is 51.7 Å². The number of thioether (sulfide) groups is 1. The zero-order chi connectivity index (χ0) is 19.1. The molecule has 0 saturated heterocycles. The molecule has 1 aliphatic heterocycles. The van der Waals surface area contributed by atoms with Crippen LogP contribution in [-0.4, -0.2) is 46.4 Å². The monoisotopic (exact) mass is 392 g/mol. The minimum absolute atomic E-state index is 0.130. The van der Waals surface area contributed by atoms with E-state index in [1.54, 1.807) is 0 Å². The van der Waals surface area contributed by atoms with Crippen LogP contribution in [0.1, 0.15) is 13.8 Å². The third-order valence-electron chi connectivity index (χ3n) is 3.07. The zero-order valence-electron chi connectivity index (χ0n) is 12.0. The number of allylic oxidation sites excluding steroid dienone is 1. The fourth-order valence-corrected chi connectivity index (χ4v) is 3.16. The summed E-state index contributed by atoms with van der Waals surface area (Å²) in [5, 5.41) is -0.982. The summed E-state index contributed by atoms with van der Waals surface area (Å²) in [6.45, 7) is 2.43. The maximum absolute atomic E-state index is 13.4. The standard InChI is InChI=1S/C11H10F10N2S/c1-3-23(4-2)7-22-6(5(12)9(13,14)15)8(24-7,10(16,17)18)11(19,20)21/h3-4H2,1-2H3/b6-5+. The van der Waals surface area contributed by atoms with Crippen LogP contribution < -0.4 is 0 Å². The highest BCUT2D eigenvalue weighted by Gasteiger charge is 2.78. The Balaban J connectivity index is 3.77. The lowest BCUT2D eigenvalue weighted by atomic mass is 10.0. The summed E-state index contributed by atoms with van der Waals surface area (Å²) in [6, 6.07) is 0. The van der Waals surface area contributed by atoms with Crippen LogP contribution in [0.5, 0.6) is 0 Å². The second-order valence-electron chi connectivity index (χ2n) is 4.51. The van der Waals surface area contributed by atoms with Gasteiger partial charge in [0.15, 0.2) is 5.17 Å². The fraction of sp³-hybridized carbons (Fsp3) is 0.727. The molecule has 0 aromatic carbocycles. The maximum atomic E-state index is 13.4. The Kier molecular flexibility index (Phi) is 5.49.